The summed E-state index contributed by atoms with van der Waals surface area (Å²) in [6.45, 7) is 2.02. The molecule has 22 heavy (non-hydrogen) atoms. The van der Waals surface area contributed by atoms with Gasteiger partial charge in [0.25, 0.3) is 0 Å². The lowest BCUT2D eigenvalue weighted by Crippen LogP contribution is -2.46. The predicted octanol–water partition coefficient (Wildman–Crippen LogP) is 1.55. The van der Waals surface area contributed by atoms with Crippen LogP contribution in [-0.2, 0) is 6.42 Å². The van der Waals surface area contributed by atoms with Crippen molar-refractivity contribution >= 4 is 0 Å². The van der Waals surface area contributed by atoms with Gasteiger partial charge in [-0.15, -0.1) is 0 Å². The van der Waals surface area contributed by atoms with E-state index < -0.39 is 23.7 Å². The molecule has 7 atom stereocenters. The molecule has 0 radical (unpaired) electrons. The van der Waals surface area contributed by atoms with Gasteiger partial charge in [-0.1, -0.05) is 13.0 Å². The SMILES string of the molecule is C[C@]12CCC3c4ccc(O)cc4CCC3[C@@H]1C(O)C(O)[C@@H]2O. The number of phenolic OH excluding ortho intramolecular Hbond substituents is 1. The number of aryl methyl sites for hydroxylation is 1. The van der Waals surface area contributed by atoms with Crippen LogP contribution in [0.4, 0.5) is 0 Å². The first-order chi connectivity index (χ1) is 10.4. The van der Waals surface area contributed by atoms with Crippen LogP contribution in [0.25, 0.3) is 0 Å². The summed E-state index contributed by atoms with van der Waals surface area (Å²) in [6.07, 6.45) is 0.894. The molecule has 3 aliphatic rings. The number of fused-ring (bicyclic) bond motifs is 5. The third kappa shape index (κ3) is 1.75. The molecule has 0 amide bonds. The lowest BCUT2D eigenvalue weighted by atomic mass is 9.55. The summed E-state index contributed by atoms with van der Waals surface area (Å²) < 4.78 is 0. The highest BCUT2D eigenvalue weighted by atomic mass is 16.4. The monoisotopic (exact) mass is 304 g/mol. The molecule has 4 N–H and O–H groups in total. The molecule has 0 saturated heterocycles. The largest absolute Gasteiger partial charge is 0.508 e. The average Bonchev–Trinajstić information content (AvgIpc) is 2.68. The zero-order chi connectivity index (χ0) is 15.6. The molecule has 0 aromatic heterocycles. The van der Waals surface area contributed by atoms with Crippen molar-refractivity contribution in [1.82, 2.24) is 0 Å². The second kappa shape index (κ2) is 4.70. The molecule has 2 saturated carbocycles. The standard InChI is InChI=1S/C18H24O4/c1-18-7-6-12-11-5-3-10(19)8-9(11)2-4-13(12)14(18)15(20)16(21)17(18)22/h3,5,8,12-17,19-22H,2,4,6-7H2,1H3/t12?,13?,14-,15?,16?,17+,18+/m1/s1. The summed E-state index contributed by atoms with van der Waals surface area (Å²) >= 11 is 0. The normalized spacial score (nSPS) is 46.7. The topological polar surface area (TPSA) is 80.9 Å². The van der Waals surface area contributed by atoms with Gasteiger partial charge >= 0.3 is 0 Å². The fourth-order valence-electron chi connectivity index (χ4n) is 5.62. The molecule has 4 heteroatoms. The van der Waals surface area contributed by atoms with Crippen LogP contribution in [0.3, 0.4) is 0 Å². The van der Waals surface area contributed by atoms with E-state index in [1.807, 2.05) is 19.1 Å². The first-order valence-corrected chi connectivity index (χ1v) is 8.29. The number of hydrogen-bond acceptors (Lipinski definition) is 4. The average molecular weight is 304 g/mol. The molecule has 1 aromatic carbocycles. The van der Waals surface area contributed by atoms with Crippen LogP contribution in [0.2, 0.25) is 0 Å². The van der Waals surface area contributed by atoms with Crippen molar-refractivity contribution < 1.29 is 20.4 Å². The van der Waals surface area contributed by atoms with Crippen molar-refractivity contribution in [3.8, 4) is 5.75 Å². The molecule has 4 unspecified atom stereocenters. The van der Waals surface area contributed by atoms with Gasteiger partial charge in [-0.3, -0.25) is 0 Å². The van der Waals surface area contributed by atoms with Crippen molar-refractivity contribution in [3.63, 3.8) is 0 Å². The number of benzene rings is 1. The van der Waals surface area contributed by atoms with E-state index in [0.29, 0.717) is 11.7 Å². The quantitative estimate of drug-likeness (QED) is 0.586. The Kier molecular flexibility index (Phi) is 3.09. The number of rotatable bonds is 0. The number of phenols is 1. The maximum atomic E-state index is 10.5. The van der Waals surface area contributed by atoms with E-state index in [0.717, 1.165) is 25.7 Å². The Morgan fingerprint density at radius 2 is 1.86 bits per heavy atom. The molecule has 120 valence electrons. The van der Waals surface area contributed by atoms with Crippen LogP contribution >= 0.6 is 0 Å². The van der Waals surface area contributed by atoms with E-state index in [9.17, 15) is 20.4 Å². The zero-order valence-corrected chi connectivity index (χ0v) is 12.8. The summed E-state index contributed by atoms with van der Waals surface area (Å²) in [5.74, 6) is 0.898. The summed E-state index contributed by atoms with van der Waals surface area (Å²) in [7, 11) is 0. The highest BCUT2D eigenvalue weighted by Crippen LogP contribution is 2.60. The molecule has 2 fully saturated rings. The van der Waals surface area contributed by atoms with E-state index in [1.54, 1.807) is 6.07 Å². The Hall–Kier alpha value is -1.10. The van der Waals surface area contributed by atoms with Gasteiger partial charge in [-0.25, -0.2) is 0 Å². The highest BCUT2D eigenvalue weighted by molar-refractivity contribution is 5.40. The maximum absolute atomic E-state index is 10.5. The molecule has 0 aliphatic heterocycles. The Morgan fingerprint density at radius 3 is 2.64 bits per heavy atom. The minimum absolute atomic E-state index is 0.0572. The third-order valence-corrected chi connectivity index (χ3v) is 6.72. The Balaban J connectivity index is 1.74. The molecule has 0 spiro atoms. The summed E-state index contributed by atoms with van der Waals surface area (Å²) in [5.41, 5.74) is 2.09. The van der Waals surface area contributed by atoms with Crippen molar-refractivity contribution in [2.24, 2.45) is 17.3 Å². The molecular formula is C18H24O4. The van der Waals surface area contributed by atoms with E-state index in [-0.39, 0.29) is 11.8 Å². The van der Waals surface area contributed by atoms with Gasteiger partial charge in [0.1, 0.15) is 11.9 Å². The molecule has 4 rings (SSSR count). The molecular weight excluding hydrogens is 280 g/mol. The molecule has 4 nitrogen and oxygen atoms in total. The Bertz CT molecular complexity index is 601. The van der Waals surface area contributed by atoms with Crippen LogP contribution in [-0.4, -0.2) is 38.7 Å². The van der Waals surface area contributed by atoms with Gasteiger partial charge in [0, 0.05) is 5.41 Å². The number of aliphatic hydroxyl groups excluding tert-OH is 3. The van der Waals surface area contributed by atoms with Gasteiger partial charge in [-0.2, -0.15) is 0 Å². The molecule has 1 aromatic rings. The molecule has 0 bridgehead atoms. The van der Waals surface area contributed by atoms with Gasteiger partial charge in [-0.05, 0) is 66.7 Å². The van der Waals surface area contributed by atoms with Gasteiger partial charge in [0.2, 0.25) is 0 Å². The van der Waals surface area contributed by atoms with Gasteiger partial charge in [0.05, 0.1) is 12.2 Å². The second-order valence-corrected chi connectivity index (χ2v) is 7.69. The van der Waals surface area contributed by atoms with E-state index in [2.05, 4.69) is 0 Å². The van der Waals surface area contributed by atoms with Crippen molar-refractivity contribution in [1.29, 1.82) is 0 Å². The Morgan fingerprint density at radius 1 is 1.09 bits per heavy atom. The second-order valence-electron chi connectivity index (χ2n) is 7.69. The van der Waals surface area contributed by atoms with Crippen molar-refractivity contribution in [3.05, 3.63) is 29.3 Å². The number of hydrogen-bond donors (Lipinski definition) is 4. The van der Waals surface area contributed by atoms with Crippen LogP contribution < -0.4 is 0 Å². The van der Waals surface area contributed by atoms with E-state index in [1.165, 1.54) is 11.1 Å². The van der Waals surface area contributed by atoms with Gasteiger partial charge < -0.3 is 20.4 Å². The number of aromatic hydroxyl groups is 1. The minimum atomic E-state index is -1.03. The first kappa shape index (κ1) is 14.5. The fourth-order valence-corrected chi connectivity index (χ4v) is 5.62. The lowest BCUT2D eigenvalue weighted by Gasteiger charge is -2.50. The van der Waals surface area contributed by atoms with Crippen LogP contribution in [0.1, 0.15) is 43.2 Å². The summed E-state index contributed by atoms with van der Waals surface area (Å²) in [6, 6.07) is 5.61. The fraction of sp³-hybridized carbons (Fsp3) is 0.667. The van der Waals surface area contributed by atoms with Crippen LogP contribution in [0.15, 0.2) is 18.2 Å². The minimum Gasteiger partial charge on any atom is -0.508 e. The number of aliphatic hydroxyl groups is 3. The van der Waals surface area contributed by atoms with Crippen molar-refractivity contribution in [2.45, 2.75) is 56.8 Å². The van der Waals surface area contributed by atoms with Crippen molar-refractivity contribution in [2.75, 3.05) is 0 Å². The van der Waals surface area contributed by atoms with Crippen LogP contribution in [0.5, 0.6) is 5.75 Å². The van der Waals surface area contributed by atoms with E-state index >= 15 is 0 Å². The highest BCUT2D eigenvalue weighted by Gasteiger charge is 2.62. The predicted molar refractivity (Wildman–Crippen MR) is 81.5 cm³/mol. The molecule has 0 heterocycles. The summed E-state index contributed by atoms with van der Waals surface area (Å²) in [4.78, 5) is 0. The maximum Gasteiger partial charge on any atom is 0.115 e. The van der Waals surface area contributed by atoms with Crippen LogP contribution in [0, 0.1) is 17.3 Å². The zero-order valence-electron chi connectivity index (χ0n) is 12.8. The first-order valence-electron chi connectivity index (χ1n) is 8.29. The van der Waals surface area contributed by atoms with E-state index in [4.69, 9.17) is 0 Å². The Labute approximate surface area is 130 Å². The molecule has 3 aliphatic carbocycles. The van der Waals surface area contributed by atoms with Gasteiger partial charge in [0.15, 0.2) is 0 Å². The summed E-state index contributed by atoms with van der Waals surface area (Å²) in [5, 5.41) is 40.7. The third-order valence-electron chi connectivity index (χ3n) is 6.72. The smallest absolute Gasteiger partial charge is 0.115 e. The lowest BCUT2D eigenvalue weighted by molar-refractivity contribution is -0.0505.